The van der Waals surface area contributed by atoms with E-state index < -0.39 is 0 Å². The van der Waals surface area contributed by atoms with E-state index in [1.54, 1.807) is 0 Å². The first kappa shape index (κ1) is 13.0. The minimum atomic E-state index is -0.0340. The molecule has 0 aromatic carbocycles. The molecule has 1 aliphatic heterocycles. The van der Waals surface area contributed by atoms with Crippen LogP contribution in [0.3, 0.4) is 0 Å². The molecule has 88 valence electrons. The van der Waals surface area contributed by atoms with Gasteiger partial charge >= 0.3 is 0 Å². The van der Waals surface area contributed by atoms with E-state index in [0.29, 0.717) is 5.41 Å². The Kier molecular flexibility index (Phi) is 4.63. The monoisotopic (exact) mass is 275 g/mol. The average Bonchev–Trinajstić information content (AvgIpc) is 2.28. The van der Waals surface area contributed by atoms with Crippen LogP contribution in [0.2, 0.25) is 0 Å². The lowest BCUT2D eigenvalue weighted by atomic mass is 9.74. The maximum absolute atomic E-state index is 11.8. The van der Waals surface area contributed by atoms with E-state index in [0.717, 1.165) is 13.1 Å². The van der Waals surface area contributed by atoms with Crippen LogP contribution in [0.15, 0.2) is 0 Å². The van der Waals surface area contributed by atoms with Crippen molar-refractivity contribution in [3.05, 3.63) is 0 Å². The second-order valence-electron chi connectivity index (χ2n) is 4.65. The quantitative estimate of drug-likeness (QED) is 0.725. The van der Waals surface area contributed by atoms with Crippen molar-refractivity contribution in [1.29, 1.82) is 0 Å². The summed E-state index contributed by atoms with van der Waals surface area (Å²) in [6, 6.07) is 0. The molecule has 0 bridgehead atoms. The Morgan fingerprint density at radius 3 is 2.13 bits per heavy atom. The average molecular weight is 276 g/mol. The van der Waals surface area contributed by atoms with E-state index in [-0.39, 0.29) is 10.7 Å². The summed E-state index contributed by atoms with van der Waals surface area (Å²) in [5.41, 5.74) is 0.506. The number of halogens is 1. The van der Waals surface area contributed by atoms with Gasteiger partial charge in [-0.05, 0) is 25.2 Å². The largest absolute Gasteiger partial charge is 0.342 e. The first-order valence-electron chi connectivity index (χ1n) is 5.97. The predicted molar refractivity (Wildman–Crippen MR) is 67.2 cm³/mol. The fourth-order valence-corrected chi connectivity index (χ4v) is 2.70. The van der Waals surface area contributed by atoms with Crippen LogP contribution in [0.1, 0.15) is 46.5 Å². The number of piperidine rings is 1. The van der Waals surface area contributed by atoms with Gasteiger partial charge in [0.1, 0.15) is 0 Å². The molecule has 1 amide bonds. The Hall–Kier alpha value is -0.0500. The summed E-state index contributed by atoms with van der Waals surface area (Å²) in [4.78, 5) is 13.7. The van der Waals surface area contributed by atoms with Gasteiger partial charge in [0.2, 0.25) is 5.91 Å². The molecule has 0 aliphatic carbocycles. The summed E-state index contributed by atoms with van der Waals surface area (Å²) in [6.45, 7) is 8.33. The molecule has 0 aromatic heterocycles. The van der Waals surface area contributed by atoms with Crippen LogP contribution in [0.5, 0.6) is 0 Å². The lowest BCUT2D eigenvalue weighted by Crippen LogP contribution is -2.45. The molecule has 1 heterocycles. The van der Waals surface area contributed by atoms with Crippen LogP contribution >= 0.6 is 15.9 Å². The summed E-state index contributed by atoms with van der Waals surface area (Å²) in [7, 11) is 0. The minimum Gasteiger partial charge on any atom is -0.342 e. The number of carbonyl (C=O) groups excluding carboxylic acids is 1. The van der Waals surface area contributed by atoms with Gasteiger partial charge in [-0.3, -0.25) is 4.79 Å². The molecule has 0 saturated carbocycles. The van der Waals surface area contributed by atoms with Gasteiger partial charge in [-0.2, -0.15) is 0 Å². The van der Waals surface area contributed by atoms with Crippen LogP contribution in [0, 0.1) is 5.41 Å². The van der Waals surface area contributed by atoms with Crippen molar-refractivity contribution in [2.75, 3.05) is 13.1 Å². The summed E-state index contributed by atoms with van der Waals surface area (Å²) >= 11 is 3.35. The normalized spacial score (nSPS) is 22.5. The first-order chi connectivity index (χ1) is 7.04. The van der Waals surface area contributed by atoms with Crippen molar-refractivity contribution in [1.82, 2.24) is 4.90 Å². The third-order valence-corrected chi connectivity index (χ3v) is 4.37. The number of carbonyl (C=O) groups is 1. The van der Waals surface area contributed by atoms with Crippen LogP contribution < -0.4 is 0 Å². The van der Waals surface area contributed by atoms with Crippen LogP contribution in [-0.4, -0.2) is 28.7 Å². The Morgan fingerprint density at radius 1 is 1.33 bits per heavy atom. The smallest absolute Gasteiger partial charge is 0.236 e. The first-order valence-corrected chi connectivity index (χ1v) is 6.89. The number of alkyl halides is 1. The second-order valence-corrected chi connectivity index (χ2v) is 6.02. The number of hydrogen-bond donors (Lipinski definition) is 0. The molecule has 1 unspecified atom stereocenters. The van der Waals surface area contributed by atoms with E-state index in [4.69, 9.17) is 0 Å². The molecule has 0 radical (unpaired) electrons. The highest BCUT2D eigenvalue weighted by atomic mass is 79.9. The Balaban J connectivity index is 2.52. The van der Waals surface area contributed by atoms with Gasteiger partial charge < -0.3 is 4.90 Å². The third-order valence-electron chi connectivity index (χ3n) is 3.98. The molecule has 1 atom stereocenters. The summed E-state index contributed by atoms with van der Waals surface area (Å²) in [5.74, 6) is 0.246. The number of likely N-dealkylation sites (tertiary alicyclic amines) is 1. The Labute approximate surface area is 102 Å². The molecular weight excluding hydrogens is 254 g/mol. The SMILES string of the molecule is CCC1(CC)CCN(C(=O)C(C)Br)CC1. The number of hydrogen-bond acceptors (Lipinski definition) is 1. The van der Waals surface area contributed by atoms with Crippen molar-refractivity contribution in [2.45, 2.75) is 51.3 Å². The molecule has 1 aliphatic rings. The van der Waals surface area contributed by atoms with Gasteiger partial charge in [-0.25, -0.2) is 0 Å². The Bertz CT molecular complexity index is 214. The van der Waals surface area contributed by atoms with E-state index in [1.165, 1.54) is 25.7 Å². The topological polar surface area (TPSA) is 20.3 Å². The maximum Gasteiger partial charge on any atom is 0.236 e. The standard InChI is InChI=1S/C12H22BrNO/c1-4-12(5-2)6-8-14(9-7-12)11(15)10(3)13/h10H,4-9H2,1-3H3. The van der Waals surface area contributed by atoms with Gasteiger partial charge in [-0.15, -0.1) is 0 Å². The van der Waals surface area contributed by atoms with Crippen LogP contribution in [-0.2, 0) is 4.79 Å². The molecule has 0 aromatic rings. The second kappa shape index (κ2) is 5.33. The summed E-state index contributed by atoms with van der Waals surface area (Å²) < 4.78 is 0. The van der Waals surface area contributed by atoms with Crippen LogP contribution in [0.4, 0.5) is 0 Å². The highest BCUT2D eigenvalue weighted by Gasteiger charge is 2.33. The van der Waals surface area contributed by atoms with Crippen LogP contribution in [0.25, 0.3) is 0 Å². The number of amides is 1. The van der Waals surface area contributed by atoms with E-state index >= 15 is 0 Å². The molecule has 1 fully saturated rings. The number of rotatable bonds is 3. The predicted octanol–water partition coefficient (Wildman–Crippen LogP) is 3.20. The highest BCUT2D eigenvalue weighted by Crippen LogP contribution is 2.38. The highest BCUT2D eigenvalue weighted by molar-refractivity contribution is 9.10. The molecule has 2 nitrogen and oxygen atoms in total. The zero-order chi connectivity index (χ0) is 11.5. The minimum absolute atomic E-state index is 0.0340. The van der Waals surface area contributed by atoms with Crippen molar-refractivity contribution in [2.24, 2.45) is 5.41 Å². The van der Waals surface area contributed by atoms with Crippen molar-refractivity contribution < 1.29 is 4.79 Å². The molecule has 1 saturated heterocycles. The maximum atomic E-state index is 11.8. The fraction of sp³-hybridized carbons (Fsp3) is 0.917. The third kappa shape index (κ3) is 2.96. The van der Waals surface area contributed by atoms with Crippen molar-refractivity contribution >= 4 is 21.8 Å². The zero-order valence-corrected chi connectivity index (χ0v) is 11.6. The zero-order valence-electron chi connectivity index (χ0n) is 10.1. The Morgan fingerprint density at radius 2 is 1.80 bits per heavy atom. The van der Waals surface area contributed by atoms with Gasteiger partial charge in [0.25, 0.3) is 0 Å². The van der Waals surface area contributed by atoms with Gasteiger partial charge in [0, 0.05) is 13.1 Å². The molecule has 3 heteroatoms. The molecular formula is C12H22BrNO. The van der Waals surface area contributed by atoms with Gasteiger partial charge in [0.15, 0.2) is 0 Å². The fourth-order valence-electron chi connectivity index (χ4n) is 2.41. The van der Waals surface area contributed by atoms with Gasteiger partial charge in [0.05, 0.1) is 4.83 Å². The van der Waals surface area contributed by atoms with Gasteiger partial charge in [-0.1, -0.05) is 42.6 Å². The van der Waals surface area contributed by atoms with E-state index in [1.807, 2.05) is 11.8 Å². The van der Waals surface area contributed by atoms with Crippen molar-refractivity contribution in [3.8, 4) is 0 Å². The van der Waals surface area contributed by atoms with Crippen molar-refractivity contribution in [3.63, 3.8) is 0 Å². The molecule has 1 rings (SSSR count). The molecule has 0 N–H and O–H groups in total. The lowest BCUT2D eigenvalue weighted by molar-refractivity contribution is -0.132. The lowest BCUT2D eigenvalue weighted by Gasteiger charge is -2.41. The van der Waals surface area contributed by atoms with E-state index in [9.17, 15) is 4.79 Å². The summed E-state index contributed by atoms with van der Waals surface area (Å²) in [5, 5.41) is 0. The number of nitrogens with zero attached hydrogens (tertiary/aromatic N) is 1. The van der Waals surface area contributed by atoms with E-state index in [2.05, 4.69) is 29.8 Å². The summed E-state index contributed by atoms with van der Waals surface area (Å²) in [6.07, 6.45) is 4.84. The molecule has 15 heavy (non-hydrogen) atoms. The molecule has 0 spiro atoms.